The first kappa shape index (κ1) is 21.7. The zero-order valence-electron chi connectivity index (χ0n) is 18.0. The smallest absolute Gasteiger partial charge is 0.255 e. The normalized spacial score (nSPS) is 10.7. The van der Waals surface area contributed by atoms with Crippen LogP contribution in [0.1, 0.15) is 32.6 Å². The van der Waals surface area contributed by atoms with Gasteiger partial charge in [0.2, 0.25) is 0 Å². The van der Waals surface area contributed by atoms with Crippen LogP contribution in [0.3, 0.4) is 0 Å². The molecule has 0 fully saturated rings. The van der Waals surface area contributed by atoms with Gasteiger partial charge in [0, 0.05) is 11.8 Å². The van der Waals surface area contributed by atoms with Crippen LogP contribution in [0, 0.1) is 13.8 Å². The molecule has 3 aromatic carbocycles. The average molecular weight is 446 g/mol. The third-order valence-corrected chi connectivity index (χ3v) is 5.33. The van der Waals surface area contributed by atoms with Crippen LogP contribution in [0.15, 0.2) is 79.1 Å². The van der Waals surface area contributed by atoms with E-state index in [0.29, 0.717) is 35.2 Å². The molecule has 162 valence electrons. The van der Waals surface area contributed by atoms with Crippen LogP contribution in [-0.2, 0) is 13.2 Å². The van der Waals surface area contributed by atoms with Crippen molar-refractivity contribution >= 4 is 23.2 Å². The number of hydrogen-bond acceptors (Lipinski definition) is 3. The summed E-state index contributed by atoms with van der Waals surface area (Å²) in [5.41, 5.74) is 5.62. The lowest BCUT2D eigenvalue weighted by Crippen LogP contribution is -2.11. The van der Waals surface area contributed by atoms with Crippen LogP contribution >= 0.6 is 11.6 Å². The number of hydrogen-bond donors (Lipinski definition) is 1. The SMILES string of the molecule is Cc1cccc(Cn2cc(NC(=O)c3ccc(COc4cc(C)ccc4Cl)cc3)cn2)c1. The van der Waals surface area contributed by atoms with E-state index in [-0.39, 0.29) is 5.91 Å². The molecule has 0 spiro atoms. The van der Waals surface area contributed by atoms with Gasteiger partial charge in [-0.1, -0.05) is 59.6 Å². The standard InChI is InChI=1S/C26H24ClN3O2/c1-18-4-3-5-21(12-18)15-30-16-23(14-28-30)29-26(31)22-9-7-20(8-10-22)17-32-25-13-19(2)6-11-24(25)27/h3-14,16H,15,17H2,1-2H3,(H,29,31). The molecule has 1 N–H and O–H groups in total. The Morgan fingerprint density at radius 1 is 1.00 bits per heavy atom. The first-order chi connectivity index (χ1) is 15.5. The highest BCUT2D eigenvalue weighted by atomic mass is 35.5. The Balaban J connectivity index is 1.34. The lowest BCUT2D eigenvalue weighted by atomic mass is 10.1. The van der Waals surface area contributed by atoms with Crippen molar-refractivity contribution in [3.63, 3.8) is 0 Å². The highest BCUT2D eigenvalue weighted by molar-refractivity contribution is 6.32. The minimum absolute atomic E-state index is 0.186. The molecule has 0 unspecified atom stereocenters. The lowest BCUT2D eigenvalue weighted by Gasteiger charge is -2.09. The van der Waals surface area contributed by atoms with E-state index >= 15 is 0 Å². The van der Waals surface area contributed by atoms with Crippen molar-refractivity contribution < 1.29 is 9.53 Å². The van der Waals surface area contributed by atoms with Gasteiger partial charge in [-0.05, 0) is 54.8 Å². The van der Waals surface area contributed by atoms with Gasteiger partial charge in [-0.3, -0.25) is 9.48 Å². The van der Waals surface area contributed by atoms with Gasteiger partial charge in [0.25, 0.3) is 5.91 Å². The molecular weight excluding hydrogens is 422 g/mol. The average Bonchev–Trinajstić information content (AvgIpc) is 3.21. The molecule has 0 atom stereocenters. The Kier molecular flexibility index (Phi) is 6.57. The zero-order valence-corrected chi connectivity index (χ0v) is 18.8. The minimum atomic E-state index is -0.186. The molecule has 1 amide bonds. The molecule has 0 aliphatic carbocycles. The Labute approximate surface area is 192 Å². The van der Waals surface area contributed by atoms with Gasteiger partial charge in [-0.2, -0.15) is 5.10 Å². The van der Waals surface area contributed by atoms with Crippen molar-refractivity contribution in [2.24, 2.45) is 0 Å². The number of ether oxygens (including phenoxy) is 1. The molecule has 0 radical (unpaired) electrons. The van der Waals surface area contributed by atoms with Crippen LogP contribution in [0.4, 0.5) is 5.69 Å². The van der Waals surface area contributed by atoms with Gasteiger partial charge in [0.1, 0.15) is 12.4 Å². The fourth-order valence-corrected chi connectivity index (χ4v) is 3.52. The fourth-order valence-electron chi connectivity index (χ4n) is 3.35. The lowest BCUT2D eigenvalue weighted by molar-refractivity contribution is 0.102. The number of carbonyl (C=O) groups excluding carboxylic acids is 1. The third-order valence-electron chi connectivity index (χ3n) is 5.02. The Bertz CT molecular complexity index is 1230. The van der Waals surface area contributed by atoms with E-state index in [1.54, 1.807) is 23.0 Å². The predicted molar refractivity (Wildman–Crippen MR) is 127 cm³/mol. The number of benzene rings is 3. The number of carbonyl (C=O) groups is 1. The second kappa shape index (κ2) is 9.71. The summed E-state index contributed by atoms with van der Waals surface area (Å²) < 4.78 is 7.62. The predicted octanol–water partition coefficient (Wildman–Crippen LogP) is 6.03. The molecule has 0 saturated carbocycles. The van der Waals surface area contributed by atoms with E-state index in [1.807, 2.05) is 49.5 Å². The fraction of sp³-hybridized carbons (Fsp3) is 0.154. The summed E-state index contributed by atoms with van der Waals surface area (Å²) in [5.74, 6) is 0.463. The molecule has 6 heteroatoms. The number of aryl methyl sites for hydroxylation is 2. The molecule has 32 heavy (non-hydrogen) atoms. The van der Waals surface area contributed by atoms with E-state index in [9.17, 15) is 4.79 Å². The van der Waals surface area contributed by atoms with Crippen LogP contribution in [0.5, 0.6) is 5.75 Å². The van der Waals surface area contributed by atoms with Crippen molar-refractivity contribution in [2.45, 2.75) is 27.0 Å². The number of halogens is 1. The first-order valence-corrected chi connectivity index (χ1v) is 10.7. The molecule has 4 aromatic rings. The molecule has 0 saturated heterocycles. The number of anilines is 1. The number of aromatic nitrogens is 2. The van der Waals surface area contributed by atoms with E-state index < -0.39 is 0 Å². The Morgan fingerprint density at radius 2 is 1.78 bits per heavy atom. The molecule has 1 aromatic heterocycles. The number of amides is 1. The summed E-state index contributed by atoms with van der Waals surface area (Å²) in [6.45, 7) is 5.07. The summed E-state index contributed by atoms with van der Waals surface area (Å²) in [4.78, 5) is 12.6. The summed E-state index contributed by atoms with van der Waals surface area (Å²) in [7, 11) is 0. The maximum absolute atomic E-state index is 12.6. The van der Waals surface area contributed by atoms with Gasteiger partial charge >= 0.3 is 0 Å². The maximum Gasteiger partial charge on any atom is 0.255 e. The number of rotatable bonds is 7. The van der Waals surface area contributed by atoms with E-state index in [1.165, 1.54) is 5.56 Å². The third kappa shape index (κ3) is 5.56. The summed E-state index contributed by atoms with van der Waals surface area (Å²) in [5, 5.41) is 7.82. The van der Waals surface area contributed by atoms with E-state index in [2.05, 4.69) is 35.5 Å². The van der Waals surface area contributed by atoms with Crippen LogP contribution < -0.4 is 10.1 Å². The highest BCUT2D eigenvalue weighted by Gasteiger charge is 2.09. The van der Waals surface area contributed by atoms with Gasteiger partial charge in [-0.15, -0.1) is 0 Å². The van der Waals surface area contributed by atoms with Crippen LogP contribution in [0.2, 0.25) is 5.02 Å². The van der Waals surface area contributed by atoms with Gasteiger partial charge < -0.3 is 10.1 Å². The Morgan fingerprint density at radius 3 is 2.56 bits per heavy atom. The molecule has 4 rings (SSSR count). The largest absolute Gasteiger partial charge is 0.487 e. The van der Waals surface area contributed by atoms with Gasteiger partial charge in [0.05, 0.1) is 23.5 Å². The van der Waals surface area contributed by atoms with Gasteiger partial charge in [0.15, 0.2) is 0 Å². The van der Waals surface area contributed by atoms with Crippen molar-refractivity contribution in [3.05, 3.63) is 112 Å². The van der Waals surface area contributed by atoms with Crippen LogP contribution in [0.25, 0.3) is 0 Å². The summed E-state index contributed by atoms with van der Waals surface area (Å²) in [6.07, 6.45) is 3.48. The summed E-state index contributed by atoms with van der Waals surface area (Å²) in [6, 6.07) is 21.3. The van der Waals surface area contributed by atoms with E-state index in [0.717, 1.165) is 16.7 Å². The second-order valence-electron chi connectivity index (χ2n) is 7.79. The minimum Gasteiger partial charge on any atom is -0.487 e. The quantitative estimate of drug-likeness (QED) is 0.377. The molecule has 1 heterocycles. The van der Waals surface area contributed by atoms with Crippen molar-refractivity contribution in [1.29, 1.82) is 0 Å². The Hall–Kier alpha value is -3.57. The van der Waals surface area contributed by atoms with E-state index in [4.69, 9.17) is 16.3 Å². The molecule has 5 nitrogen and oxygen atoms in total. The monoisotopic (exact) mass is 445 g/mol. The van der Waals surface area contributed by atoms with Crippen molar-refractivity contribution in [1.82, 2.24) is 9.78 Å². The molecule has 0 aliphatic heterocycles. The molecule has 0 aliphatic rings. The maximum atomic E-state index is 12.6. The molecular formula is C26H24ClN3O2. The number of nitrogens with zero attached hydrogens (tertiary/aromatic N) is 2. The van der Waals surface area contributed by atoms with Gasteiger partial charge in [-0.25, -0.2) is 0 Å². The zero-order chi connectivity index (χ0) is 22.5. The second-order valence-corrected chi connectivity index (χ2v) is 8.20. The van der Waals surface area contributed by atoms with Crippen molar-refractivity contribution in [3.8, 4) is 5.75 Å². The first-order valence-electron chi connectivity index (χ1n) is 10.3. The van der Waals surface area contributed by atoms with Crippen molar-refractivity contribution in [2.75, 3.05) is 5.32 Å². The molecule has 0 bridgehead atoms. The number of nitrogens with one attached hydrogen (secondary N) is 1. The topological polar surface area (TPSA) is 56.2 Å². The summed E-state index contributed by atoms with van der Waals surface area (Å²) >= 11 is 6.18. The highest BCUT2D eigenvalue weighted by Crippen LogP contribution is 2.26. The van der Waals surface area contributed by atoms with Crippen LogP contribution in [-0.4, -0.2) is 15.7 Å².